The van der Waals surface area contributed by atoms with Crippen LogP contribution in [0.1, 0.15) is 24.0 Å². The average Bonchev–Trinajstić information content (AvgIpc) is 2.76. The van der Waals surface area contributed by atoms with Gasteiger partial charge in [0, 0.05) is 19.5 Å². The molecule has 1 atom stereocenters. The Morgan fingerprint density at radius 1 is 0.900 bits per heavy atom. The molecule has 3 N–H and O–H groups in total. The number of amides is 1. The lowest BCUT2D eigenvalue weighted by molar-refractivity contribution is -0.151. The second kappa shape index (κ2) is 12.2. The molecule has 0 saturated carbocycles. The summed E-state index contributed by atoms with van der Waals surface area (Å²) in [6.45, 7) is 0.137. The van der Waals surface area contributed by atoms with E-state index in [-0.39, 0.29) is 39.1 Å². The molecule has 0 aromatic heterocycles. The van der Waals surface area contributed by atoms with Crippen molar-refractivity contribution in [2.75, 3.05) is 13.1 Å². The van der Waals surface area contributed by atoms with Crippen LogP contribution in [0.5, 0.6) is 0 Å². The van der Waals surface area contributed by atoms with Crippen LogP contribution in [0.2, 0.25) is 0 Å². The summed E-state index contributed by atoms with van der Waals surface area (Å²) >= 11 is 0. The van der Waals surface area contributed by atoms with Gasteiger partial charge in [-0.2, -0.15) is 0 Å². The Morgan fingerprint density at radius 3 is 1.93 bits per heavy atom. The van der Waals surface area contributed by atoms with E-state index in [1.807, 2.05) is 36.4 Å². The molecule has 2 aromatic rings. The van der Waals surface area contributed by atoms with Crippen LogP contribution in [0.15, 0.2) is 60.7 Å². The number of nitrogens with two attached hydrogens (primary N) is 1. The second-order valence-corrected chi connectivity index (χ2v) is 6.56. The minimum Gasteiger partial charge on any atom is -0.481 e. The Morgan fingerprint density at radius 2 is 1.43 bits per heavy atom. The van der Waals surface area contributed by atoms with Crippen LogP contribution in [0, 0.1) is 0 Å². The van der Waals surface area contributed by atoms with Gasteiger partial charge in [0.2, 0.25) is 0 Å². The molecule has 8 heteroatoms. The number of nitrogens with zero attached hydrogens (tertiary/aromatic N) is 1. The quantitative estimate of drug-likeness (QED) is 0.542. The molecule has 0 aliphatic rings. The number of hydrogen-bond acceptors (Lipinski definition) is 6. The lowest BCUT2D eigenvalue weighted by atomic mass is 10.1. The highest BCUT2D eigenvalue weighted by Crippen LogP contribution is 2.14. The van der Waals surface area contributed by atoms with E-state index in [9.17, 15) is 14.4 Å². The molecule has 160 valence electrons. The number of carboxylic acids is 1. The van der Waals surface area contributed by atoms with E-state index in [4.69, 9.17) is 20.3 Å². The first kappa shape index (κ1) is 22.9. The molecule has 2 aromatic carbocycles. The molecule has 0 radical (unpaired) electrons. The Labute approximate surface area is 175 Å². The molecule has 0 bridgehead atoms. The van der Waals surface area contributed by atoms with E-state index in [1.54, 1.807) is 24.3 Å². The third kappa shape index (κ3) is 7.56. The Kier molecular flexibility index (Phi) is 9.33. The first-order valence-corrected chi connectivity index (χ1v) is 9.61. The fraction of sp³-hybridized carbons (Fsp3) is 0.318. The number of ether oxygens (including phenoxy) is 2. The molecule has 2 rings (SSSR count). The molecule has 0 saturated heterocycles. The molecule has 0 spiro atoms. The SMILES string of the molecule is NCCN(C(=O)OCc1ccccc1)[C@@H](CCC(=O)O)C(=O)OCc1ccccc1. The standard InChI is InChI=1S/C22H26N2O6/c23-13-14-24(22(28)30-16-18-9-5-2-6-10-18)19(11-12-20(25)26)21(27)29-15-17-7-3-1-4-8-17/h1-10,19H,11-16,23H2,(H,25,26)/t19-/m0/s1. The third-order valence-electron chi connectivity index (χ3n) is 4.31. The van der Waals surface area contributed by atoms with E-state index in [1.165, 1.54) is 0 Å². The minimum absolute atomic E-state index is 0.0127. The number of carboxylic acid groups (broad SMARTS) is 1. The summed E-state index contributed by atoms with van der Waals surface area (Å²) in [6, 6.07) is 17.0. The zero-order chi connectivity index (χ0) is 21.8. The minimum atomic E-state index is -1.11. The maximum Gasteiger partial charge on any atom is 0.410 e. The van der Waals surface area contributed by atoms with Crippen molar-refractivity contribution in [3.05, 3.63) is 71.8 Å². The van der Waals surface area contributed by atoms with Gasteiger partial charge in [0.15, 0.2) is 0 Å². The highest BCUT2D eigenvalue weighted by molar-refractivity contribution is 5.82. The van der Waals surface area contributed by atoms with Gasteiger partial charge in [-0.25, -0.2) is 9.59 Å². The number of aliphatic carboxylic acids is 1. The monoisotopic (exact) mass is 414 g/mol. The predicted octanol–water partition coefficient (Wildman–Crippen LogP) is 2.56. The normalized spacial score (nSPS) is 11.4. The molecular weight excluding hydrogens is 388 g/mol. The number of benzene rings is 2. The molecule has 30 heavy (non-hydrogen) atoms. The molecule has 0 unspecified atom stereocenters. The number of hydrogen-bond donors (Lipinski definition) is 2. The first-order chi connectivity index (χ1) is 14.5. The zero-order valence-corrected chi connectivity index (χ0v) is 16.6. The van der Waals surface area contributed by atoms with Gasteiger partial charge in [-0.05, 0) is 17.5 Å². The summed E-state index contributed by atoms with van der Waals surface area (Å²) in [5.74, 6) is -1.79. The van der Waals surface area contributed by atoms with E-state index in [0.717, 1.165) is 16.0 Å². The molecule has 0 aliphatic heterocycles. The largest absolute Gasteiger partial charge is 0.481 e. The van der Waals surface area contributed by atoms with E-state index < -0.39 is 24.1 Å². The summed E-state index contributed by atoms with van der Waals surface area (Å²) in [5.41, 5.74) is 7.18. The molecule has 1 amide bonds. The van der Waals surface area contributed by atoms with Crippen molar-refractivity contribution in [1.29, 1.82) is 0 Å². The van der Waals surface area contributed by atoms with Gasteiger partial charge in [-0.3, -0.25) is 9.69 Å². The highest BCUT2D eigenvalue weighted by Gasteiger charge is 2.32. The Balaban J connectivity index is 2.08. The van der Waals surface area contributed by atoms with Gasteiger partial charge in [0.1, 0.15) is 19.3 Å². The summed E-state index contributed by atoms with van der Waals surface area (Å²) < 4.78 is 10.7. The van der Waals surface area contributed by atoms with Gasteiger partial charge in [-0.1, -0.05) is 60.7 Å². The smallest absolute Gasteiger partial charge is 0.410 e. The van der Waals surface area contributed by atoms with Crippen LogP contribution in [0.4, 0.5) is 4.79 Å². The van der Waals surface area contributed by atoms with Crippen molar-refractivity contribution in [2.24, 2.45) is 5.73 Å². The lowest BCUT2D eigenvalue weighted by Gasteiger charge is -2.29. The first-order valence-electron chi connectivity index (χ1n) is 9.61. The van der Waals surface area contributed by atoms with Crippen molar-refractivity contribution in [2.45, 2.75) is 32.1 Å². The van der Waals surface area contributed by atoms with Crippen LogP contribution in [0.3, 0.4) is 0 Å². The third-order valence-corrected chi connectivity index (χ3v) is 4.31. The van der Waals surface area contributed by atoms with Gasteiger partial charge >= 0.3 is 18.0 Å². The second-order valence-electron chi connectivity index (χ2n) is 6.56. The summed E-state index contributed by atoms with van der Waals surface area (Å²) in [6.07, 6.45) is -1.17. The van der Waals surface area contributed by atoms with E-state index in [2.05, 4.69) is 0 Å². The maximum atomic E-state index is 12.7. The molecule has 8 nitrogen and oxygen atoms in total. The lowest BCUT2D eigenvalue weighted by Crippen LogP contribution is -2.48. The van der Waals surface area contributed by atoms with Crippen LogP contribution < -0.4 is 5.73 Å². The summed E-state index contributed by atoms with van der Waals surface area (Å²) in [5, 5.41) is 9.04. The van der Waals surface area contributed by atoms with Crippen molar-refractivity contribution in [3.8, 4) is 0 Å². The number of esters is 1. The molecule has 0 aliphatic carbocycles. The Hall–Kier alpha value is -3.39. The van der Waals surface area contributed by atoms with Crippen LogP contribution in [-0.2, 0) is 32.3 Å². The van der Waals surface area contributed by atoms with Gasteiger partial charge in [0.05, 0.1) is 0 Å². The fourth-order valence-corrected chi connectivity index (χ4v) is 2.80. The van der Waals surface area contributed by atoms with Crippen LogP contribution in [-0.4, -0.2) is 47.2 Å². The van der Waals surface area contributed by atoms with Crippen molar-refractivity contribution in [3.63, 3.8) is 0 Å². The highest BCUT2D eigenvalue weighted by atomic mass is 16.6. The summed E-state index contributed by atoms with van der Waals surface area (Å²) in [4.78, 5) is 37.6. The molecular formula is C22H26N2O6. The van der Waals surface area contributed by atoms with Crippen LogP contribution >= 0.6 is 0 Å². The zero-order valence-electron chi connectivity index (χ0n) is 16.6. The summed E-state index contributed by atoms with van der Waals surface area (Å²) in [7, 11) is 0. The van der Waals surface area contributed by atoms with Gasteiger partial charge in [0.25, 0.3) is 0 Å². The number of carbonyl (C=O) groups excluding carboxylic acids is 2. The van der Waals surface area contributed by atoms with Crippen molar-refractivity contribution < 1.29 is 29.0 Å². The molecule has 0 fully saturated rings. The topological polar surface area (TPSA) is 119 Å². The van der Waals surface area contributed by atoms with E-state index in [0.29, 0.717) is 0 Å². The number of rotatable bonds is 11. The maximum absolute atomic E-state index is 12.7. The van der Waals surface area contributed by atoms with Gasteiger partial charge in [-0.15, -0.1) is 0 Å². The number of carbonyl (C=O) groups is 3. The average molecular weight is 414 g/mol. The fourth-order valence-electron chi connectivity index (χ4n) is 2.80. The van der Waals surface area contributed by atoms with E-state index >= 15 is 0 Å². The van der Waals surface area contributed by atoms with Gasteiger partial charge < -0.3 is 20.3 Å². The predicted molar refractivity (Wildman–Crippen MR) is 109 cm³/mol. The van der Waals surface area contributed by atoms with Crippen molar-refractivity contribution >= 4 is 18.0 Å². The van der Waals surface area contributed by atoms with Crippen LogP contribution in [0.25, 0.3) is 0 Å². The Bertz CT molecular complexity index is 813. The van der Waals surface area contributed by atoms with Crippen molar-refractivity contribution in [1.82, 2.24) is 4.90 Å². The molecule has 0 heterocycles.